The van der Waals surface area contributed by atoms with Crippen molar-refractivity contribution in [3.8, 4) is 0 Å². The molecule has 2 aromatic rings. The highest BCUT2D eigenvalue weighted by atomic mass is 79.9. The normalized spacial score (nSPS) is 13.6. The first-order chi connectivity index (χ1) is 11.3. The minimum Gasteiger partial charge on any atom is -0.481 e. The maximum absolute atomic E-state index is 10.9. The third kappa shape index (κ3) is 5.91. The van der Waals surface area contributed by atoms with Crippen LogP contribution in [0.2, 0.25) is 0 Å². The Kier molecular flexibility index (Phi) is 7.72. The molecule has 0 bridgehead atoms. The van der Waals surface area contributed by atoms with Crippen LogP contribution in [0.5, 0.6) is 0 Å². The summed E-state index contributed by atoms with van der Waals surface area (Å²) in [7, 11) is 0. The number of aliphatic carboxylic acids is 1. The zero-order valence-corrected chi connectivity index (χ0v) is 16.5. The number of carboxylic acids is 1. The van der Waals surface area contributed by atoms with E-state index in [2.05, 4.69) is 22.0 Å². The second-order valence-corrected chi connectivity index (χ2v) is 7.71. The van der Waals surface area contributed by atoms with Crippen molar-refractivity contribution in [1.82, 2.24) is 6.15 Å². The number of allylic oxidation sites excluding steroid dienone is 1. The highest BCUT2D eigenvalue weighted by molar-refractivity contribution is 9.10. The largest absolute Gasteiger partial charge is 0.481 e. The van der Waals surface area contributed by atoms with Crippen LogP contribution in [0.3, 0.4) is 0 Å². The number of carbonyl (C=O) groups is 1. The van der Waals surface area contributed by atoms with Gasteiger partial charge in [0.05, 0.1) is 4.92 Å². The van der Waals surface area contributed by atoms with E-state index in [-0.39, 0.29) is 16.8 Å². The lowest BCUT2D eigenvalue weighted by atomic mass is 10.0. The van der Waals surface area contributed by atoms with Gasteiger partial charge in [0.25, 0.3) is 5.97 Å². The Bertz CT molecular complexity index is 808. The maximum atomic E-state index is 10.9. The van der Waals surface area contributed by atoms with Crippen LogP contribution in [-0.2, 0) is 11.2 Å². The molecule has 1 saturated carbocycles. The zero-order valence-electron chi connectivity index (χ0n) is 14.1. The molecule has 4 N–H and O–H groups in total. The van der Waals surface area contributed by atoms with Gasteiger partial charge in [-0.3, -0.25) is 14.9 Å². The smallest absolute Gasteiger partial charge is 0.300 e. The summed E-state index contributed by atoms with van der Waals surface area (Å²) >= 11 is 5.26. The summed E-state index contributed by atoms with van der Waals surface area (Å²) in [5.74, 6) is -0.0806. The Labute approximate surface area is 158 Å². The lowest BCUT2D eigenvalue weighted by molar-refractivity contribution is -0.422. The molecular weight excluding hydrogens is 408 g/mol. The van der Waals surface area contributed by atoms with Crippen LogP contribution in [0.4, 0.5) is 0 Å². The van der Waals surface area contributed by atoms with Gasteiger partial charge in [-0.25, -0.2) is 0 Å². The van der Waals surface area contributed by atoms with E-state index in [1.165, 1.54) is 28.5 Å². The van der Waals surface area contributed by atoms with Crippen molar-refractivity contribution < 1.29 is 14.8 Å². The van der Waals surface area contributed by atoms with Crippen molar-refractivity contribution in [3.05, 3.63) is 48.9 Å². The van der Waals surface area contributed by atoms with E-state index in [0.29, 0.717) is 0 Å². The number of thiophene rings is 1. The number of nitro groups is 1. The van der Waals surface area contributed by atoms with Crippen LogP contribution >= 0.6 is 27.3 Å². The van der Waals surface area contributed by atoms with Crippen LogP contribution in [0.15, 0.2) is 28.4 Å². The van der Waals surface area contributed by atoms with Gasteiger partial charge < -0.3 is 11.3 Å². The number of hydrogen-bond acceptors (Lipinski definition) is 5. The van der Waals surface area contributed by atoms with E-state index in [1.54, 1.807) is 24.3 Å². The fraction of sp³-hybridized carbons (Fsp3) is 0.353. The minimum absolute atomic E-state index is 0. The molecule has 1 aliphatic carbocycles. The zero-order chi connectivity index (χ0) is 17.9. The standard InChI is InChI=1S/C15H14BrNO2S.C2H4O2.H3N/c1-9(17(18)19)7-14-11(8-10-5-6-10)15-12(16)3-2-4-13(15)20-14;1-2(3)4;/h2-4,7,10H,5-6,8H2,1H3;1H3,(H,3,4);1H3/b9-7+;;. The predicted molar refractivity (Wildman–Crippen MR) is 105 cm³/mol. The average molecular weight is 429 g/mol. The number of fused-ring (bicyclic) bond motifs is 1. The van der Waals surface area contributed by atoms with Crippen molar-refractivity contribution in [2.75, 3.05) is 0 Å². The predicted octanol–water partition coefficient (Wildman–Crippen LogP) is 5.51. The molecule has 136 valence electrons. The summed E-state index contributed by atoms with van der Waals surface area (Å²) in [5.41, 5.74) is 1.46. The molecule has 1 heterocycles. The molecular formula is C17H21BrN2O4S. The lowest BCUT2D eigenvalue weighted by Crippen LogP contribution is -1.94. The molecule has 0 aliphatic heterocycles. The number of carboxylic acid groups (broad SMARTS) is 1. The summed E-state index contributed by atoms with van der Waals surface area (Å²) in [6.07, 6.45) is 5.30. The number of nitrogens with zero attached hydrogens (tertiary/aromatic N) is 1. The van der Waals surface area contributed by atoms with E-state index in [0.717, 1.165) is 28.6 Å². The Hall–Kier alpha value is -1.77. The molecule has 3 rings (SSSR count). The Morgan fingerprint density at radius 1 is 1.44 bits per heavy atom. The van der Waals surface area contributed by atoms with Gasteiger partial charge >= 0.3 is 0 Å². The van der Waals surface area contributed by atoms with Crippen molar-refractivity contribution in [2.24, 2.45) is 5.92 Å². The SMILES string of the molecule is C/C(=C\c1sc2cccc(Br)c2c1CC1CC1)[N+](=O)[O-].CC(=O)O.N. The molecule has 1 fully saturated rings. The van der Waals surface area contributed by atoms with E-state index in [4.69, 9.17) is 9.90 Å². The fourth-order valence-electron chi connectivity index (χ4n) is 2.36. The highest BCUT2D eigenvalue weighted by Gasteiger charge is 2.25. The van der Waals surface area contributed by atoms with Crippen LogP contribution in [0.1, 0.15) is 37.1 Å². The molecule has 0 atom stereocenters. The van der Waals surface area contributed by atoms with Crippen molar-refractivity contribution in [1.29, 1.82) is 0 Å². The van der Waals surface area contributed by atoms with E-state index in [9.17, 15) is 10.1 Å². The summed E-state index contributed by atoms with van der Waals surface area (Å²) in [6.45, 7) is 2.64. The van der Waals surface area contributed by atoms with Crippen LogP contribution < -0.4 is 6.15 Å². The summed E-state index contributed by atoms with van der Waals surface area (Å²) in [5, 5.41) is 19.5. The summed E-state index contributed by atoms with van der Waals surface area (Å²) < 4.78 is 2.28. The molecule has 1 aromatic heterocycles. The van der Waals surface area contributed by atoms with Crippen molar-refractivity contribution in [3.63, 3.8) is 0 Å². The van der Waals surface area contributed by atoms with Gasteiger partial charge in [0.2, 0.25) is 5.70 Å². The second-order valence-electron chi connectivity index (χ2n) is 5.77. The molecule has 6 nitrogen and oxygen atoms in total. The van der Waals surface area contributed by atoms with Crippen molar-refractivity contribution >= 4 is 49.4 Å². The quantitative estimate of drug-likeness (QED) is 0.491. The first-order valence-corrected chi connectivity index (χ1v) is 9.12. The molecule has 25 heavy (non-hydrogen) atoms. The number of hydrogen-bond donors (Lipinski definition) is 2. The topological polar surface area (TPSA) is 115 Å². The number of benzene rings is 1. The molecule has 0 radical (unpaired) electrons. The van der Waals surface area contributed by atoms with Crippen molar-refractivity contribution in [2.45, 2.75) is 33.1 Å². The van der Waals surface area contributed by atoms with Gasteiger partial charge in [0.15, 0.2) is 0 Å². The van der Waals surface area contributed by atoms with E-state index in [1.807, 2.05) is 12.1 Å². The lowest BCUT2D eigenvalue weighted by Gasteiger charge is -2.02. The van der Waals surface area contributed by atoms with Gasteiger partial charge in [-0.05, 0) is 42.9 Å². The highest BCUT2D eigenvalue weighted by Crippen LogP contribution is 2.42. The number of halogens is 1. The second kappa shape index (κ2) is 9.07. The molecule has 1 aromatic carbocycles. The monoisotopic (exact) mass is 428 g/mol. The first-order valence-electron chi connectivity index (χ1n) is 7.51. The average Bonchev–Trinajstić information content (AvgIpc) is 3.21. The van der Waals surface area contributed by atoms with Crippen LogP contribution in [0, 0.1) is 16.0 Å². The maximum Gasteiger partial charge on any atom is 0.300 e. The van der Waals surface area contributed by atoms with Gasteiger partial charge in [-0.1, -0.05) is 22.0 Å². The van der Waals surface area contributed by atoms with Crippen LogP contribution in [-0.4, -0.2) is 16.0 Å². The number of rotatable bonds is 4. The third-order valence-corrected chi connectivity index (χ3v) is 5.42. The van der Waals surface area contributed by atoms with E-state index < -0.39 is 5.97 Å². The first kappa shape index (κ1) is 21.3. The third-order valence-electron chi connectivity index (χ3n) is 3.61. The van der Waals surface area contributed by atoms with Gasteiger partial charge in [-0.15, -0.1) is 11.3 Å². The Balaban J connectivity index is 0.000000568. The summed E-state index contributed by atoms with van der Waals surface area (Å²) in [6, 6.07) is 6.14. The van der Waals surface area contributed by atoms with Gasteiger partial charge in [0.1, 0.15) is 0 Å². The fourth-order valence-corrected chi connectivity index (χ4v) is 4.35. The van der Waals surface area contributed by atoms with Crippen LogP contribution in [0.25, 0.3) is 16.2 Å². The summed E-state index contributed by atoms with van der Waals surface area (Å²) in [4.78, 5) is 20.6. The Morgan fingerprint density at radius 3 is 2.56 bits per heavy atom. The minimum atomic E-state index is -0.833. The van der Waals surface area contributed by atoms with Gasteiger partial charge in [-0.2, -0.15) is 0 Å². The molecule has 1 aliphatic rings. The molecule has 0 unspecified atom stereocenters. The molecule has 8 heteroatoms. The molecule has 0 spiro atoms. The Morgan fingerprint density at radius 2 is 2.04 bits per heavy atom. The van der Waals surface area contributed by atoms with Gasteiger partial charge in [0, 0.05) is 39.4 Å². The molecule has 0 saturated heterocycles. The van der Waals surface area contributed by atoms with E-state index >= 15 is 0 Å². The molecule has 0 amide bonds.